The van der Waals surface area contributed by atoms with Crippen LogP contribution in [0.2, 0.25) is 0 Å². The standard InChI is InChI=1S/C24H24F3NO3S2/c1-13-12-18(10-11-19(13)31-23(4,5)22(29)30)32-15(3)20-14(2)28-21(33-20)16-6-8-17(9-7-16)24(25,26)27/h6-12,15H,1-5H3,(H,29,30). The second-order valence-corrected chi connectivity index (χ2v) is 10.6. The largest absolute Gasteiger partial charge is 0.478 e. The van der Waals surface area contributed by atoms with Crippen LogP contribution in [-0.2, 0) is 11.0 Å². The highest BCUT2D eigenvalue weighted by Crippen LogP contribution is 2.42. The van der Waals surface area contributed by atoms with E-state index < -0.39 is 23.3 Å². The summed E-state index contributed by atoms with van der Waals surface area (Å²) in [4.78, 5) is 17.9. The number of carbonyl (C=O) groups is 1. The fraction of sp³-hybridized carbons (Fsp3) is 0.333. The van der Waals surface area contributed by atoms with Crippen molar-refractivity contribution in [1.29, 1.82) is 0 Å². The van der Waals surface area contributed by atoms with Gasteiger partial charge in [-0.3, -0.25) is 0 Å². The predicted molar refractivity (Wildman–Crippen MR) is 125 cm³/mol. The number of hydrogen-bond acceptors (Lipinski definition) is 5. The Bertz CT molecular complexity index is 1150. The van der Waals surface area contributed by atoms with Crippen LogP contribution in [0.5, 0.6) is 5.75 Å². The number of aromatic nitrogens is 1. The average molecular weight is 496 g/mol. The molecule has 1 unspecified atom stereocenters. The summed E-state index contributed by atoms with van der Waals surface area (Å²) in [5.74, 6) is -0.531. The van der Waals surface area contributed by atoms with Crippen molar-refractivity contribution in [2.45, 2.75) is 56.5 Å². The summed E-state index contributed by atoms with van der Waals surface area (Å²) >= 11 is 3.09. The van der Waals surface area contributed by atoms with Crippen LogP contribution in [0.1, 0.15) is 47.7 Å². The topological polar surface area (TPSA) is 59.4 Å². The van der Waals surface area contributed by atoms with Gasteiger partial charge in [-0.1, -0.05) is 12.1 Å². The number of nitrogens with zero attached hydrogens (tertiary/aromatic N) is 1. The summed E-state index contributed by atoms with van der Waals surface area (Å²) in [7, 11) is 0. The summed E-state index contributed by atoms with van der Waals surface area (Å²) in [6, 6.07) is 10.6. The lowest BCUT2D eigenvalue weighted by atomic mass is 10.1. The summed E-state index contributed by atoms with van der Waals surface area (Å²) in [5, 5.41) is 10.0. The molecule has 0 aliphatic carbocycles. The number of thioether (sulfide) groups is 1. The first-order valence-electron chi connectivity index (χ1n) is 10.1. The van der Waals surface area contributed by atoms with Crippen molar-refractivity contribution >= 4 is 29.1 Å². The number of benzene rings is 2. The van der Waals surface area contributed by atoms with Gasteiger partial charge >= 0.3 is 12.1 Å². The van der Waals surface area contributed by atoms with Crippen molar-refractivity contribution in [3.63, 3.8) is 0 Å². The number of carboxylic acid groups (broad SMARTS) is 1. The maximum Gasteiger partial charge on any atom is 0.416 e. The van der Waals surface area contributed by atoms with Crippen LogP contribution in [0.15, 0.2) is 47.4 Å². The van der Waals surface area contributed by atoms with Gasteiger partial charge in [0.15, 0.2) is 5.60 Å². The molecule has 1 aromatic heterocycles. The van der Waals surface area contributed by atoms with Gasteiger partial charge in [-0.25, -0.2) is 9.78 Å². The summed E-state index contributed by atoms with van der Waals surface area (Å²) in [6.07, 6.45) is -4.37. The molecular formula is C24H24F3NO3S2. The number of thiazole rings is 1. The minimum Gasteiger partial charge on any atom is -0.478 e. The van der Waals surface area contributed by atoms with Crippen LogP contribution >= 0.6 is 23.1 Å². The van der Waals surface area contributed by atoms with E-state index in [1.165, 1.54) is 37.3 Å². The quantitative estimate of drug-likeness (QED) is 0.343. The Morgan fingerprint density at radius 2 is 1.76 bits per heavy atom. The van der Waals surface area contributed by atoms with Gasteiger partial charge in [0.05, 0.1) is 11.3 Å². The second kappa shape index (κ2) is 9.38. The Labute approximate surface area is 198 Å². The lowest BCUT2D eigenvalue weighted by Crippen LogP contribution is -2.38. The van der Waals surface area contributed by atoms with Crippen LogP contribution in [0, 0.1) is 13.8 Å². The van der Waals surface area contributed by atoms with Crippen LogP contribution in [0.25, 0.3) is 10.6 Å². The second-order valence-electron chi connectivity index (χ2n) is 8.15. The number of hydrogen-bond donors (Lipinski definition) is 1. The fourth-order valence-corrected chi connectivity index (χ4v) is 5.47. The van der Waals surface area contributed by atoms with Crippen LogP contribution in [-0.4, -0.2) is 21.7 Å². The van der Waals surface area contributed by atoms with E-state index in [1.54, 1.807) is 17.8 Å². The van der Waals surface area contributed by atoms with E-state index in [1.807, 2.05) is 26.0 Å². The first kappa shape index (κ1) is 25.1. The smallest absolute Gasteiger partial charge is 0.416 e. The van der Waals surface area contributed by atoms with Crippen molar-refractivity contribution in [3.05, 3.63) is 64.2 Å². The molecule has 0 saturated carbocycles. The SMILES string of the molecule is Cc1cc(SC(C)c2sc(-c3ccc(C(F)(F)F)cc3)nc2C)ccc1OC(C)(C)C(=O)O. The Balaban J connectivity index is 1.76. The number of ether oxygens (including phenoxy) is 1. The third-order valence-corrected chi connectivity index (χ3v) is 7.65. The zero-order valence-electron chi connectivity index (χ0n) is 18.8. The molecule has 3 aromatic rings. The molecule has 176 valence electrons. The highest BCUT2D eigenvalue weighted by atomic mass is 32.2. The molecule has 0 bridgehead atoms. The molecule has 0 fully saturated rings. The molecule has 0 aliphatic heterocycles. The minimum absolute atomic E-state index is 0.0623. The number of aliphatic carboxylic acids is 1. The number of aryl methyl sites for hydroxylation is 2. The van der Waals surface area contributed by atoms with Gasteiger partial charge in [0.2, 0.25) is 0 Å². The molecule has 1 N–H and O–H groups in total. The van der Waals surface area contributed by atoms with Crippen molar-refractivity contribution in [2.24, 2.45) is 0 Å². The molecule has 1 heterocycles. The molecule has 0 saturated heterocycles. The van der Waals surface area contributed by atoms with Gasteiger partial charge in [0, 0.05) is 20.6 Å². The highest BCUT2D eigenvalue weighted by Gasteiger charge is 2.31. The molecular weight excluding hydrogens is 471 g/mol. The van der Waals surface area contributed by atoms with Crippen LogP contribution in [0.3, 0.4) is 0 Å². The Morgan fingerprint density at radius 1 is 1.12 bits per heavy atom. The molecule has 0 amide bonds. The van der Waals surface area contributed by atoms with E-state index in [4.69, 9.17) is 4.74 Å². The van der Waals surface area contributed by atoms with Crippen molar-refractivity contribution in [2.75, 3.05) is 0 Å². The molecule has 0 radical (unpaired) electrons. The predicted octanol–water partition coefficient (Wildman–Crippen LogP) is 7.54. The lowest BCUT2D eigenvalue weighted by Gasteiger charge is -2.23. The maximum absolute atomic E-state index is 12.8. The van der Waals surface area contributed by atoms with Gasteiger partial charge in [-0.05, 0) is 70.5 Å². The van der Waals surface area contributed by atoms with Gasteiger partial charge in [0.25, 0.3) is 0 Å². The normalized spacial score (nSPS) is 13.1. The number of rotatable bonds is 7. The molecule has 0 aliphatic rings. The summed E-state index contributed by atoms with van der Waals surface area (Å²) in [6.45, 7) is 8.81. The summed E-state index contributed by atoms with van der Waals surface area (Å²) in [5.41, 5.74) is 0.306. The molecule has 3 rings (SSSR count). The van der Waals surface area contributed by atoms with E-state index in [9.17, 15) is 23.1 Å². The van der Waals surface area contributed by atoms with E-state index in [0.29, 0.717) is 16.3 Å². The fourth-order valence-electron chi connectivity index (χ4n) is 3.10. The third-order valence-electron chi connectivity index (χ3n) is 5.00. The molecule has 0 spiro atoms. The third kappa shape index (κ3) is 5.89. The number of alkyl halides is 3. The molecule has 4 nitrogen and oxygen atoms in total. The zero-order chi connectivity index (χ0) is 24.6. The number of halogens is 3. The molecule has 9 heteroatoms. The monoisotopic (exact) mass is 495 g/mol. The Kier molecular flexibility index (Phi) is 7.14. The van der Waals surface area contributed by atoms with E-state index >= 15 is 0 Å². The van der Waals surface area contributed by atoms with Crippen molar-refractivity contribution in [1.82, 2.24) is 4.98 Å². The first-order chi connectivity index (χ1) is 15.3. The highest BCUT2D eigenvalue weighted by molar-refractivity contribution is 7.99. The van der Waals surface area contributed by atoms with Crippen molar-refractivity contribution in [3.8, 4) is 16.3 Å². The minimum atomic E-state index is -4.37. The zero-order valence-corrected chi connectivity index (χ0v) is 20.4. The van der Waals surface area contributed by atoms with E-state index in [0.717, 1.165) is 33.2 Å². The van der Waals surface area contributed by atoms with Gasteiger partial charge in [0.1, 0.15) is 10.8 Å². The van der Waals surface area contributed by atoms with Gasteiger partial charge < -0.3 is 9.84 Å². The number of carboxylic acids is 1. The Morgan fingerprint density at radius 3 is 2.30 bits per heavy atom. The molecule has 33 heavy (non-hydrogen) atoms. The maximum atomic E-state index is 12.8. The van der Waals surface area contributed by atoms with E-state index in [-0.39, 0.29) is 5.25 Å². The van der Waals surface area contributed by atoms with Gasteiger partial charge in [-0.15, -0.1) is 23.1 Å². The van der Waals surface area contributed by atoms with Crippen molar-refractivity contribution < 1.29 is 27.8 Å². The summed E-state index contributed by atoms with van der Waals surface area (Å²) < 4.78 is 44.1. The van der Waals surface area contributed by atoms with E-state index in [2.05, 4.69) is 11.9 Å². The lowest BCUT2D eigenvalue weighted by molar-refractivity contribution is -0.152. The van der Waals surface area contributed by atoms with Crippen LogP contribution < -0.4 is 4.74 Å². The average Bonchev–Trinajstić information content (AvgIpc) is 3.11. The van der Waals surface area contributed by atoms with Crippen LogP contribution in [0.4, 0.5) is 13.2 Å². The van der Waals surface area contributed by atoms with Gasteiger partial charge in [-0.2, -0.15) is 13.2 Å². The Hall–Kier alpha value is -2.52. The molecule has 1 atom stereocenters. The first-order valence-corrected chi connectivity index (χ1v) is 11.8. The molecule has 2 aromatic carbocycles.